The van der Waals surface area contributed by atoms with Crippen LogP contribution < -0.4 is 5.32 Å². The molecular weight excluding hydrogens is 182 g/mol. The van der Waals surface area contributed by atoms with Gasteiger partial charge in [-0.1, -0.05) is 12.5 Å². The number of hydrogen-bond donors (Lipinski definition) is 2. The van der Waals surface area contributed by atoms with E-state index in [1.54, 1.807) is 12.2 Å². The Bertz CT molecular complexity index is 215. The van der Waals surface area contributed by atoms with E-state index in [-0.39, 0.29) is 6.10 Å². The lowest BCUT2D eigenvalue weighted by Crippen LogP contribution is -2.25. The summed E-state index contributed by atoms with van der Waals surface area (Å²) in [5.41, 5.74) is 0. The lowest BCUT2D eigenvalue weighted by molar-refractivity contribution is 0.111. The number of ether oxygens (including phenoxy) is 1. The Hall–Kier alpha value is -1.03. The molecule has 0 saturated heterocycles. The zero-order valence-electron chi connectivity index (χ0n) is 8.40. The van der Waals surface area contributed by atoms with E-state index in [4.69, 9.17) is 4.74 Å². The lowest BCUT2D eigenvalue weighted by Gasteiger charge is -2.17. The third-order valence-corrected chi connectivity index (χ3v) is 2.25. The summed E-state index contributed by atoms with van der Waals surface area (Å²) in [4.78, 5) is 10.9. The van der Waals surface area contributed by atoms with Crippen LogP contribution in [-0.2, 0) is 4.74 Å². The molecule has 0 bridgehead atoms. The van der Waals surface area contributed by atoms with E-state index in [1.807, 2.05) is 0 Å². The van der Waals surface area contributed by atoms with Gasteiger partial charge in [-0.3, -0.25) is 0 Å². The first-order valence-corrected chi connectivity index (χ1v) is 4.97. The molecule has 0 aromatic carbocycles. The van der Waals surface area contributed by atoms with Crippen molar-refractivity contribution in [3.05, 3.63) is 12.2 Å². The first kappa shape index (κ1) is 11.0. The second-order valence-corrected chi connectivity index (χ2v) is 3.43. The Balaban J connectivity index is 2.45. The van der Waals surface area contributed by atoms with Crippen molar-refractivity contribution in [3.63, 3.8) is 0 Å². The topological polar surface area (TPSA) is 58.6 Å². The molecule has 0 aromatic rings. The highest BCUT2D eigenvalue weighted by molar-refractivity contribution is 5.67. The summed E-state index contributed by atoms with van der Waals surface area (Å²) in [5, 5.41) is 11.8. The molecule has 0 fully saturated rings. The van der Waals surface area contributed by atoms with Gasteiger partial charge < -0.3 is 15.2 Å². The molecule has 0 radical (unpaired) electrons. The maximum absolute atomic E-state index is 10.9. The van der Waals surface area contributed by atoms with Gasteiger partial charge in [0.1, 0.15) is 6.10 Å². The monoisotopic (exact) mass is 199 g/mol. The number of aliphatic hydroxyl groups excluding tert-OH is 1. The summed E-state index contributed by atoms with van der Waals surface area (Å²) < 4.78 is 5.08. The number of alkyl carbamates (subject to hydrolysis) is 1. The predicted octanol–water partition coefficient (Wildman–Crippen LogP) is 1.20. The van der Waals surface area contributed by atoms with Crippen LogP contribution >= 0.6 is 0 Å². The number of carbonyl (C=O) groups excluding carboxylic acids is 1. The van der Waals surface area contributed by atoms with Crippen LogP contribution in [0.1, 0.15) is 25.7 Å². The third kappa shape index (κ3) is 3.79. The minimum Gasteiger partial charge on any atom is -0.442 e. The summed E-state index contributed by atoms with van der Waals surface area (Å²) in [7, 11) is 1.53. The second kappa shape index (κ2) is 5.65. The van der Waals surface area contributed by atoms with Gasteiger partial charge in [0.15, 0.2) is 0 Å². The molecule has 2 atom stereocenters. The van der Waals surface area contributed by atoms with Gasteiger partial charge in [-0.15, -0.1) is 0 Å². The fraction of sp³-hybridized carbons (Fsp3) is 0.700. The Labute approximate surface area is 83.9 Å². The van der Waals surface area contributed by atoms with E-state index in [2.05, 4.69) is 5.32 Å². The van der Waals surface area contributed by atoms with Crippen LogP contribution in [0.5, 0.6) is 0 Å². The van der Waals surface area contributed by atoms with Crippen LogP contribution in [0.25, 0.3) is 0 Å². The molecule has 0 saturated carbocycles. The largest absolute Gasteiger partial charge is 0.442 e. The number of nitrogens with one attached hydrogen (secondary N) is 1. The van der Waals surface area contributed by atoms with E-state index in [0.29, 0.717) is 0 Å². The number of aliphatic hydroxyl groups is 1. The van der Waals surface area contributed by atoms with Crippen LogP contribution in [0.15, 0.2) is 12.2 Å². The number of rotatable bonds is 1. The molecule has 14 heavy (non-hydrogen) atoms. The van der Waals surface area contributed by atoms with Gasteiger partial charge in [-0.2, -0.15) is 0 Å². The molecule has 1 aliphatic rings. The van der Waals surface area contributed by atoms with Crippen LogP contribution in [0.2, 0.25) is 0 Å². The van der Waals surface area contributed by atoms with E-state index in [1.165, 1.54) is 7.05 Å². The molecule has 4 heteroatoms. The zero-order chi connectivity index (χ0) is 10.4. The van der Waals surface area contributed by atoms with Gasteiger partial charge in [0.25, 0.3) is 0 Å². The third-order valence-electron chi connectivity index (χ3n) is 2.25. The predicted molar refractivity (Wildman–Crippen MR) is 52.9 cm³/mol. The quantitative estimate of drug-likeness (QED) is 0.624. The maximum Gasteiger partial charge on any atom is 0.407 e. The van der Waals surface area contributed by atoms with Crippen molar-refractivity contribution in [1.82, 2.24) is 5.32 Å². The molecule has 0 aliphatic heterocycles. The molecule has 1 aliphatic carbocycles. The van der Waals surface area contributed by atoms with Crippen molar-refractivity contribution in [2.24, 2.45) is 0 Å². The molecule has 1 unspecified atom stereocenters. The van der Waals surface area contributed by atoms with Gasteiger partial charge in [0.2, 0.25) is 0 Å². The first-order chi connectivity index (χ1) is 6.72. The van der Waals surface area contributed by atoms with Crippen molar-refractivity contribution in [1.29, 1.82) is 0 Å². The normalized spacial score (nSPS) is 29.9. The molecule has 0 aromatic heterocycles. The Morgan fingerprint density at radius 2 is 2.14 bits per heavy atom. The van der Waals surface area contributed by atoms with E-state index in [9.17, 15) is 9.90 Å². The average Bonchev–Trinajstić information content (AvgIpc) is 2.16. The smallest absolute Gasteiger partial charge is 0.407 e. The standard InChI is InChI=1S/C10H17NO3/c1-11-10(13)14-9-5-3-2-4-8(12)6-7-9/h6-9,12H,2-5H2,1H3,(H,11,13)/b7-6+/t8?,9-/m1/s1. The first-order valence-electron chi connectivity index (χ1n) is 4.97. The highest BCUT2D eigenvalue weighted by atomic mass is 16.6. The number of amides is 1. The fourth-order valence-electron chi connectivity index (χ4n) is 1.44. The Kier molecular flexibility index (Phi) is 4.46. The van der Waals surface area contributed by atoms with Crippen molar-refractivity contribution >= 4 is 6.09 Å². The molecule has 2 N–H and O–H groups in total. The molecule has 0 heterocycles. The zero-order valence-corrected chi connectivity index (χ0v) is 8.40. The average molecular weight is 199 g/mol. The Morgan fingerprint density at radius 3 is 2.86 bits per heavy atom. The van der Waals surface area contributed by atoms with Crippen molar-refractivity contribution in [3.8, 4) is 0 Å². The van der Waals surface area contributed by atoms with Crippen molar-refractivity contribution < 1.29 is 14.6 Å². The molecule has 0 spiro atoms. The summed E-state index contributed by atoms with van der Waals surface area (Å²) in [6.07, 6.45) is 6.01. The summed E-state index contributed by atoms with van der Waals surface area (Å²) >= 11 is 0. The second-order valence-electron chi connectivity index (χ2n) is 3.43. The van der Waals surface area contributed by atoms with Gasteiger partial charge in [0, 0.05) is 7.05 Å². The van der Waals surface area contributed by atoms with E-state index in [0.717, 1.165) is 25.7 Å². The van der Waals surface area contributed by atoms with Crippen molar-refractivity contribution in [2.75, 3.05) is 7.05 Å². The molecular formula is C10H17NO3. The van der Waals surface area contributed by atoms with Crippen LogP contribution in [0, 0.1) is 0 Å². The number of carbonyl (C=O) groups is 1. The Morgan fingerprint density at radius 1 is 1.43 bits per heavy atom. The molecule has 1 amide bonds. The van der Waals surface area contributed by atoms with Gasteiger partial charge >= 0.3 is 6.09 Å². The van der Waals surface area contributed by atoms with Crippen LogP contribution in [-0.4, -0.2) is 30.5 Å². The molecule has 4 nitrogen and oxygen atoms in total. The number of hydrogen-bond acceptors (Lipinski definition) is 3. The summed E-state index contributed by atoms with van der Waals surface area (Å²) in [6.45, 7) is 0. The molecule has 80 valence electrons. The highest BCUT2D eigenvalue weighted by Crippen LogP contribution is 2.14. The van der Waals surface area contributed by atoms with Gasteiger partial charge in [0.05, 0.1) is 6.10 Å². The maximum atomic E-state index is 10.9. The van der Waals surface area contributed by atoms with E-state index < -0.39 is 12.2 Å². The van der Waals surface area contributed by atoms with Crippen molar-refractivity contribution in [2.45, 2.75) is 37.9 Å². The summed E-state index contributed by atoms with van der Waals surface area (Å²) in [5.74, 6) is 0. The SMILES string of the molecule is CNC(=O)O[C@H]1/C=C/C(O)CCCC1. The lowest BCUT2D eigenvalue weighted by atomic mass is 10.0. The summed E-state index contributed by atoms with van der Waals surface area (Å²) in [6, 6.07) is 0. The van der Waals surface area contributed by atoms with Gasteiger partial charge in [-0.25, -0.2) is 4.79 Å². The fourth-order valence-corrected chi connectivity index (χ4v) is 1.44. The minimum atomic E-state index is -0.422. The van der Waals surface area contributed by atoms with Gasteiger partial charge in [-0.05, 0) is 25.3 Å². The minimum absolute atomic E-state index is 0.204. The van der Waals surface area contributed by atoms with Crippen LogP contribution in [0.4, 0.5) is 4.79 Å². The van der Waals surface area contributed by atoms with Crippen LogP contribution in [0.3, 0.4) is 0 Å². The van der Waals surface area contributed by atoms with E-state index >= 15 is 0 Å². The molecule has 1 rings (SSSR count). The highest BCUT2D eigenvalue weighted by Gasteiger charge is 2.13.